The topological polar surface area (TPSA) is 58.7 Å². The minimum atomic E-state index is -0.330. The van der Waals surface area contributed by atoms with Crippen LogP contribution in [0.3, 0.4) is 0 Å². The van der Waals surface area contributed by atoms with Crippen LogP contribution in [-0.2, 0) is 0 Å². The zero-order chi connectivity index (χ0) is 13.8. The number of nitrogens with two attached hydrogens (primary N) is 1. The second-order valence-corrected chi connectivity index (χ2v) is 4.90. The van der Waals surface area contributed by atoms with Gasteiger partial charge in [-0.3, -0.25) is 0 Å². The van der Waals surface area contributed by atoms with E-state index < -0.39 is 0 Å². The van der Waals surface area contributed by atoms with E-state index in [-0.39, 0.29) is 12.4 Å². The largest absolute Gasteiger partial charge is 0.495 e. The zero-order valence-electron chi connectivity index (χ0n) is 11.2. The van der Waals surface area contributed by atoms with Crippen LogP contribution in [0.1, 0.15) is 25.7 Å². The molecule has 0 bridgehead atoms. The number of ether oxygens (including phenoxy) is 1. The number of methoxy groups -OCH3 is 1. The lowest BCUT2D eigenvalue weighted by molar-refractivity contribution is 0.282. The van der Waals surface area contributed by atoms with Gasteiger partial charge >= 0.3 is 0 Å². The van der Waals surface area contributed by atoms with E-state index in [0.717, 1.165) is 12.8 Å². The quantitative estimate of drug-likeness (QED) is 0.776. The number of nitrogens with zero attached hydrogens (tertiary/aromatic N) is 1. The molecule has 4 nitrogen and oxygen atoms in total. The summed E-state index contributed by atoms with van der Waals surface area (Å²) < 4.78 is 19.3. The normalized spacial score (nSPS) is 15.1. The molecule has 5 heteroatoms. The third-order valence-corrected chi connectivity index (χ3v) is 3.68. The van der Waals surface area contributed by atoms with Gasteiger partial charge in [-0.05, 0) is 25.7 Å². The van der Waals surface area contributed by atoms with Gasteiger partial charge < -0.3 is 20.5 Å². The molecule has 0 atom stereocenters. The summed E-state index contributed by atoms with van der Waals surface area (Å²) in [5.74, 6) is 0.160. The first kappa shape index (κ1) is 13.9. The van der Waals surface area contributed by atoms with Gasteiger partial charge in [-0.1, -0.05) is 0 Å². The first-order valence-electron chi connectivity index (χ1n) is 6.68. The number of benzene rings is 1. The fourth-order valence-corrected chi connectivity index (χ4v) is 2.39. The van der Waals surface area contributed by atoms with E-state index in [0.29, 0.717) is 36.1 Å². The number of hydrogen-bond donors (Lipinski definition) is 2. The van der Waals surface area contributed by atoms with Gasteiger partial charge in [-0.25, -0.2) is 4.39 Å². The molecule has 0 aliphatic heterocycles. The highest BCUT2D eigenvalue weighted by molar-refractivity contribution is 5.63. The maximum Gasteiger partial charge on any atom is 0.148 e. The van der Waals surface area contributed by atoms with Crippen LogP contribution in [-0.4, -0.2) is 31.4 Å². The summed E-state index contributed by atoms with van der Waals surface area (Å²) in [6.07, 6.45) is 3.94. The van der Waals surface area contributed by atoms with Crippen molar-refractivity contribution in [3.05, 3.63) is 17.9 Å². The second-order valence-electron chi connectivity index (χ2n) is 4.90. The van der Waals surface area contributed by atoms with Crippen molar-refractivity contribution in [2.24, 2.45) is 0 Å². The van der Waals surface area contributed by atoms with Gasteiger partial charge in [0, 0.05) is 31.3 Å². The lowest BCUT2D eigenvalue weighted by Gasteiger charge is -2.39. The number of anilines is 2. The third-order valence-electron chi connectivity index (χ3n) is 3.68. The van der Waals surface area contributed by atoms with Gasteiger partial charge in [0.25, 0.3) is 0 Å². The van der Waals surface area contributed by atoms with Gasteiger partial charge in [0.2, 0.25) is 0 Å². The van der Waals surface area contributed by atoms with E-state index in [9.17, 15) is 4.39 Å². The van der Waals surface area contributed by atoms with Crippen molar-refractivity contribution in [3.63, 3.8) is 0 Å². The average molecular weight is 268 g/mol. The Labute approximate surface area is 113 Å². The van der Waals surface area contributed by atoms with E-state index in [1.54, 1.807) is 6.07 Å². The monoisotopic (exact) mass is 268 g/mol. The second kappa shape index (κ2) is 6.10. The Bertz CT molecular complexity index is 436. The van der Waals surface area contributed by atoms with Gasteiger partial charge in [-0.15, -0.1) is 0 Å². The SMILES string of the molecule is COc1cc(N(CCCO)C2CCC2)c(F)cc1N. The van der Waals surface area contributed by atoms with E-state index in [2.05, 4.69) is 0 Å². The molecule has 0 aromatic heterocycles. The molecule has 1 fully saturated rings. The molecule has 0 saturated heterocycles. The minimum absolute atomic E-state index is 0.108. The zero-order valence-corrected chi connectivity index (χ0v) is 11.2. The molecule has 0 spiro atoms. The molecule has 0 heterocycles. The summed E-state index contributed by atoms with van der Waals surface area (Å²) in [7, 11) is 1.52. The Morgan fingerprint density at radius 3 is 2.74 bits per heavy atom. The maximum atomic E-state index is 14.1. The van der Waals surface area contributed by atoms with Crippen molar-refractivity contribution in [3.8, 4) is 5.75 Å². The van der Waals surface area contributed by atoms with Gasteiger partial charge in [0.15, 0.2) is 0 Å². The molecule has 1 saturated carbocycles. The maximum absolute atomic E-state index is 14.1. The molecule has 19 heavy (non-hydrogen) atoms. The van der Waals surface area contributed by atoms with Crippen LogP contribution >= 0.6 is 0 Å². The summed E-state index contributed by atoms with van der Waals surface area (Å²) >= 11 is 0. The molecule has 1 aliphatic carbocycles. The Kier molecular flexibility index (Phi) is 4.47. The predicted octanol–water partition coefficient (Wildman–Crippen LogP) is 2.16. The van der Waals surface area contributed by atoms with Crippen LogP contribution in [0, 0.1) is 5.82 Å². The highest BCUT2D eigenvalue weighted by Gasteiger charge is 2.27. The standard InChI is InChI=1S/C14H21FN2O2/c1-19-14-9-13(11(15)8-12(14)16)17(6-3-7-18)10-4-2-5-10/h8-10,18H,2-7,16H2,1H3. The summed E-state index contributed by atoms with van der Waals surface area (Å²) in [6.45, 7) is 0.752. The fraction of sp³-hybridized carbons (Fsp3) is 0.571. The first-order chi connectivity index (χ1) is 9.17. The number of aliphatic hydroxyl groups excluding tert-OH is 1. The molecule has 1 aromatic rings. The van der Waals surface area contributed by atoms with Gasteiger partial charge in [0.1, 0.15) is 11.6 Å². The molecular formula is C14H21FN2O2. The Hall–Kier alpha value is -1.49. The number of halogens is 1. The molecule has 2 rings (SSSR count). The first-order valence-corrected chi connectivity index (χ1v) is 6.68. The highest BCUT2D eigenvalue weighted by atomic mass is 19.1. The van der Waals surface area contributed by atoms with Crippen molar-refractivity contribution in [2.75, 3.05) is 30.9 Å². The number of hydrogen-bond acceptors (Lipinski definition) is 4. The lowest BCUT2D eigenvalue weighted by Crippen LogP contribution is -2.41. The predicted molar refractivity (Wildman–Crippen MR) is 74.1 cm³/mol. The molecule has 106 valence electrons. The van der Waals surface area contributed by atoms with E-state index in [4.69, 9.17) is 15.6 Å². The van der Waals surface area contributed by atoms with Crippen molar-refractivity contribution < 1.29 is 14.2 Å². The number of rotatable bonds is 6. The van der Waals surface area contributed by atoms with Crippen LogP contribution in [0.15, 0.2) is 12.1 Å². The van der Waals surface area contributed by atoms with Gasteiger partial charge in [0.05, 0.1) is 18.5 Å². The molecule has 0 radical (unpaired) electrons. The number of nitrogen functional groups attached to an aromatic ring is 1. The summed E-state index contributed by atoms with van der Waals surface area (Å²) in [5, 5.41) is 8.98. The van der Waals surface area contributed by atoms with Crippen molar-refractivity contribution in [1.82, 2.24) is 0 Å². The average Bonchev–Trinajstić information content (AvgIpc) is 2.32. The molecule has 3 N–H and O–H groups in total. The molecule has 0 amide bonds. The lowest BCUT2D eigenvalue weighted by atomic mass is 9.90. The minimum Gasteiger partial charge on any atom is -0.495 e. The van der Waals surface area contributed by atoms with Crippen molar-refractivity contribution in [1.29, 1.82) is 0 Å². The van der Waals surface area contributed by atoms with Crippen LogP contribution in [0.25, 0.3) is 0 Å². The van der Waals surface area contributed by atoms with E-state index in [1.807, 2.05) is 4.90 Å². The summed E-state index contributed by atoms with van der Waals surface area (Å²) in [6, 6.07) is 3.31. The summed E-state index contributed by atoms with van der Waals surface area (Å²) in [5.41, 5.74) is 6.52. The van der Waals surface area contributed by atoms with Crippen molar-refractivity contribution in [2.45, 2.75) is 31.7 Å². The van der Waals surface area contributed by atoms with Crippen molar-refractivity contribution >= 4 is 11.4 Å². The van der Waals surface area contributed by atoms with E-state index >= 15 is 0 Å². The van der Waals surface area contributed by atoms with Gasteiger partial charge in [-0.2, -0.15) is 0 Å². The Morgan fingerprint density at radius 1 is 1.47 bits per heavy atom. The molecule has 0 unspecified atom stereocenters. The van der Waals surface area contributed by atoms with Crippen LogP contribution < -0.4 is 15.4 Å². The van der Waals surface area contributed by atoms with Crippen LogP contribution in [0.2, 0.25) is 0 Å². The number of aliphatic hydroxyl groups is 1. The van der Waals surface area contributed by atoms with Crippen LogP contribution in [0.4, 0.5) is 15.8 Å². The van der Waals surface area contributed by atoms with E-state index in [1.165, 1.54) is 19.6 Å². The highest BCUT2D eigenvalue weighted by Crippen LogP contribution is 2.35. The fourth-order valence-electron chi connectivity index (χ4n) is 2.39. The summed E-state index contributed by atoms with van der Waals surface area (Å²) in [4.78, 5) is 2.02. The van der Waals surface area contributed by atoms with Crippen LogP contribution in [0.5, 0.6) is 5.75 Å². The molecule has 1 aliphatic rings. The third kappa shape index (κ3) is 2.92. The molecule has 1 aromatic carbocycles. The smallest absolute Gasteiger partial charge is 0.148 e. The molecular weight excluding hydrogens is 247 g/mol. The Balaban J connectivity index is 2.28. The Morgan fingerprint density at radius 2 is 2.21 bits per heavy atom.